The highest BCUT2D eigenvalue weighted by atomic mass is 16.6. The summed E-state index contributed by atoms with van der Waals surface area (Å²) in [6.45, 7) is 5.33. The van der Waals surface area contributed by atoms with Crippen molar-refractivity contribution >= 4 is 12.0 Å². The number of nitro groups is 1. The van der Waals surface area contributed by atoms with Gasteiger partial charge in [0.1, 0.15) is 16.3 Å². The molecule has 1 amide bonds. The summed E-state index contributed by atoms with van der Waals surface area (Å²) < 4.78 is 9.84. The molecule has 0 radical (unpaired) electrons. The molecule has 1 rings (SSSR count). The van der Waals surface area contributed by atoms with E-state index in [1.165, 1.54) is 12.1 Å². The number of carbonyl (C=O) groups excluding carboxylic acids is 1. The van der Waals surface area contributed by atoms with Gasteiger partial charge >= 0.3 is 12.0 Å². The predicted molar refractivity (Wildman–Crippen MR) is 61.6 cm³/mol. The number of carbonyl (C=O) groups is 1. The fourth-order valence-electron chi connectivity index (χ4n) is 1.07. The van der Waals surface area contributed by atoms with E-state index in [1.807, 2.05) is 0 Å². The minimum absolute atomic E-state index is 0.118. The van der Waals surface area contributed by atoms with Gasteiger partial charge in [-0.05, 0) is 26.8 Å². The standard InChI is InChI=1S/C10H15N3O5/c1-10(2,3)18-9(14)12-11-6-7-4-5-8(17-7)13(15)16/h4-5,11H,6H2,1-3H3,(H,12,14). The fraction of sp³-hybridized carbons (Fsp3) is 0.500. The van der Waals surface area contributed by atoms with E-state index in [0.717, 1.165) is 0 Å². The van der Waals surface area contributed by atoms with Gasteiger partial charge < -0.3 is 9.15 Å². The number of hydrogen-bond donors (Lipinski definition) is 2. The highest BCUT2D eigenvalue weighted by molar-refractivity contribution is 5.66. The number of furan rings is 1. The van der Waals surface area contributed by atoms with Crippen LogP contribution < -0.4 is 10.9 Å². The molecule has 8 nitrogen and oxygen atoms in total. The minimum Gasteiger partial charge on any atom is -0.443 e. The molecule has 8 heteroatoms. The number of amides is 1. The van der Waals surface area contributed by atoms with E-state index in [-0.39, 0.29) is 12.4 Å². The SMILES string of the molecule is CC(C)(C)OC(=O)NNCc1ccc([N+](=O)[O-])o1. The monoisotopic (exact) mass is 257 g/mol. The molecule has 0 aromatic carbocycles. The summed E-state index contributed by atoms with van der Waals surface area (Å²) in [7, 11) is 0. The lowest BCUT2D eigenvalue weighted by atomic mass is 10.2. The first-order valence-electron chi connectivity index (χ1n) is 5.23. The number of hydrogen-bond acceptors (Lipinski definition) is 6. The Kier molecular flexibility index (Phi) is 4.27. The Morgan fingerprint density at radius 2 is 2.17 bits per heavy atom. The second kappa shape index (κ2) is 5.50. The van der Waals surface area contributed by atoms with E-state index >= 15 is 0 Å². The Balaban J connectivity index is 2.33. The molecular formula is C10H15N3O5. The summed E-state index contributed by atoms with van der Waals surface area (Å²) in [5.74, 6) is -0.0122. The van der Waals surface area contributed by atoms with Crippen LogP contribution >= 0.6 is 0 Å². The molecule has 0 fully saturated rings. The van der Waals surface area contributed by atoms with Crippen LogP contribution in [0, 0.1) is 10.1 Å². The van der Waals surface area contributed by atoms with Crippen LogP contribution in [0.1, 0.15) is 26.5 Å². The molecule has 2 N–H and O–H groups in total. The number of nitrogens with zero attached hydrogens (tertiary/aromatic N) is 1. The number of ether oxygens (including phenoxy) is 1. The third-order valence-corrected chi connectivity index (χ3v) is 1.68. The Hall–Kier alpha value is -2.09. The summed E-state index contributed by atoms with van der Waals surface area (Å²) in [6.07, 6.45) is -0.636. The first-order valence-corrected chi connectivity index (χ1v) is 5.23. The van der Waals surface area contributed by atoms with Crippen molar-refractivity contribution in [3.05, 3.63) is 28.0 Å². The van der Waals surface area contributed by atoms with Gasteiger partial charge in [-0.1, -0.05) is 0 Å². The maximum atomic E-state index is 11.2. The van der Waals surface area contributed by atoms with Crippen LogP contribution in [-0.2, 0) is 11.3 Å². The lowest BCUT2D eigenvalue weighted by molar-refractivity contribution is -0.402. The number of nitrogens with one attached hydrogen (secondary N) is 2. The second-order valence-electron chi connectivity index (χ2n) is 4.48. The molecule has 1 aromatic heterocycles. The van der Waals surface area contributed by atoms with Gasteiger partial charge in [0.25, 0.3) is 0 Å². The van der Waals surface area contributed by atoms with Crippen molar-refractivity contribution in [2.45, 2.75) is 32.9 Å². The number of rotatable bonds is 4. The van der Waals surface area contributed by atoms with E-state index in [2.05, 4.69) is 10.9 Å². The zero-order valence-corrected chi connectivity index (χ0v) is 10.4. The van der Waals surface area contributed by atoms with E-state index in [1.54, 1.807) is 20.8 Å². The van der Waals surface area contributed by atoms with Crippen molar-refractivity contribution in [3.63, 3.8) is 0 Å². The summed E-state index contributed by atoms with van der Waals surface area (Å²) in [5.41, 5.74) is 4.23. The van der Waals surface area contributed by atoms with Gasteiger partial charge in [0.05, 0.1) is 12.6 Å². The van der Waals surface area contributed by atoms with E-state index in [9.17, 15) is 14.9 Å². The first kappa shape index (κ1) is 14.0. The van der Waals surface area contributed by atoms with Crippen LogP contribution in [0.2, 0.25) is 0 Å². The van der Waals surface area contributed by atoms with Crippen LogP contribution in [0.4, 0.5) is 10.7 Å². The van der Waals surface area contributed by atoms with Crippen molar-refractivity contribution in [2.75, 3.05) is 0 Å². The van der Waals surface area contributed by atoms with E-state index < -0.39 is 16.6 Å². The maximum absolute atomic E-state index is 11.2. The van der Waals surface area contributed by atoms with Crippen LogP contribution in [-0.4, -0.2) is 16.6 Å². The second-order valence-corrected chi connectivity index (χ2v) is 4.48. The predicted octanol–water partition coefficient (Wildman–Crippen LogP) is 1.72. The minimum atomic E-state index is -0.636. The smallest absolute Gasteiger partial charge is 0.433 e. The van der Waals surface area contributed by atoms with Crippen molar-refractivity contribution in [2.24, 2.45) is 0 Å². The highest BCUT2D eigenvalue weighted by Crippen LogP contribution is 2.14. The van der Waals surface area contributed by atoms with Crippen LogP contribution in [0.3, 0.4) is 0 Å². The Bertz CT molecular complexity index is 435. The summed E-state index contributed by atoms with van der Waals surface area (Å²) in [6, 6.07) is 2.69. The van der Waals surface area contributed by atoms with Gasteiger partial charge in [-0.2, -0.15) is 0 Å². The van der Waals surface area contributed by atoms with Gasteiger partial charge in [0, 0.05) is 0 Å². The molecule has 0 saturated heterocycles. The Morgan fingerprint density at radius 1 is 1.50 bits per heavy atom. The van der Waals surface area contributed by atoms with Crippen LogP contribution in [0.5, 0.6) is 0 Å². The molecule has 0 unspecified atom stereocenters. The highest BCUT2D eigenvalue weighted by Gasteiger charge is 2.16. The molecule has 0 aliphatic carbocycles. The summed E-state index contributed by atoms with van der Waals surface area (Å²) >= 11 is 0. The summed E-state index contributed by atoms with van der Waals surface area (Å²) in [5, 5.41) is 10.4. The molecule has 1 aromatic rings. The Labute approximate surface area is 103 Å². The molecule has 1 heterocycles. The fourth-order valence-corrected chi connectivity index (χ4v) is 1.07. The zero-order chi connectivity index (χ0) is 13.8. The lowest BCUT2D eigenvalue weighted by Gasteiger charge is -2.19. The molecule has 0 atom stereocenters. The van der Waals surface area contributed by atoms with Crippen molar-refractivity contribution in [1.82, 2.24) is 10.9 Å². The topological polar surface area (TPSA) is 107 Å². The largest absolute Gasteiger partial charge is 0.443 e. The molecular weight excluding hydrogens is 242 g/mol. The summed E-state index contributed by atoms with van der Waals surface area (Å²) in [4.78, 5) is 20.9. The van der Waals surface area contributed by atoms with Gasteiger partial charge in [-0.3, -0.25) is 15.5 Å². The molecule has 0 bridgehead atoms. The number of hydrazine groups is 1. The van der Waals surface area contributed by atoms with Crippen LogP contribution in [0.25, 0.3) is 0 Å². The van der Waals surface area contributed by atoms with Crippen molar-refractivity contribution < 1.29 is 18.9 Å². The third kappa shape index (κ3) is 4.83. The molecule has 100 valence electrons. The van der Waals surface area contributed by atoms with Crippen LogP contribution in [0.15, 0.2) is 16.5 Å². The average Bonchev–Trinajstić information content (AvgIpc) is 2.63. The zero-order valence-electron chi connectivity index (χ0n) is 10.4. The normalized spacial score (nSPS) is 11.1. The molecule has 0 spiro atoms. The Morgan fingerprint density at radius 3 is 2.67 bits per heavy atom. The van der Waals surface area contributed by atoms with E-state index in [0.29, 0.717) is 5.76 Å². The van der Waals surface area contributed by atoms with Crippen molar-refractivity contribution in [3.8, 4) is 0 Å². The first-order chi connectivity index (χ1) is 8.28. The van der Waals surface area contributed by atoms with E-state index in [4.69, 9.17) is 9.15 Å². The third-order valence-electron chi connectivity index (χ3n) is 1.68. The quantitative estimate of drug-likeness (QED) is 0.628. The molecule has 0 saturated carbocycles. The van der Waals surface area contributed by atoms with Gasteiger partial charge in [0.15, 0.2) is 0 Å². The molecule has 18 heavy (non-hydrogen) atoms. The molecule has 0 aliphatic heterocycles. The van der Waals surface area contributed by atoms with Crippen molar-refractivity contribution in [1.29, 1.82) is 0 Å². The van der Waals surface area contributed by atoms with Gasteiger partial charge in [0.2, 0.25) is 0 Å². The average molecular weight is 257 g/mol. The van der Waals surface area contributed by atoms with Gasteiger partial charge in [-0.25, -0.2) is 10.2 Å². The molecule has 0 aliphatic rings. The lowest BCUT2D eigenvalue weighted by Crippen LogP contribution is -2.40. The maximum Gasteiger partial charge on any atom is 0.433 e. The van der Waals surface area contributed by atoms with Gasteiger partial charge in [-0.15, -0.1) is 0 Å².